The van der Waals surface area contributed by atoms with Gasteiger partial charge in [-0.3, -0.25) is 0 Å². The Bertz CT molecular complexity index is 450. The Hall–Kier alpha value is -0.310. The van der Waals surface area contributed by atoms with Gasteiger partial charge in [0.1, 0.15) is 10.3 Å². The lowest BCUT2D eigenvalue weighted by Crippen LogP contribution is -2.34. The monoisotopic (exact) mass is 315 g/mol. The molecule has 112 valence electrons. The topological polar surface area (TPSA) is 22.1 Å². The van der Waals surface area contributed by atoms with E-state index in [-0.39, 0.29) is 0 Å². The number of pyridine rings is 1. The molecule has 0 aromatic carbocycles. The van der Waals surface area contributed by atoms with E-state index in [9.17, 15) is 0 Å². The van der Waals surface area contributed by atoms with Crippen molar-refractivity contribution in [3.8, 4) is 0 Å². The number of hydrogen-bond acceptors (Lipinski definition) is 2. The van der Waals surface area contributed by atoms with Gasteiger partial charge in [0.2, 0.25) is 0 Å². The van der Waals surface area contributed by atoms with Crippen LogP contribution in [0.2, 0.25) is 10.3 Å². The average molecular weight is 316 g/mol. The maximum absolute atomic E-state index is 6.17. The minimum absolute atomic E-state index is 0.325. The first-order valence-corrected chi connectivity index (χ1v) is 8.15. The molecule has 0 aliphatic heterocycles. The maximum atomic E-state index is 6.17. The fraction of sp³-hybridized carbons (Fsp3) is 0.688. The van der Waals surface area contributed by atoms with Crippen LogP contribution in [0, 0.1) is 17.8 Å². The van der Waals surface area contributed by atoms with Crippen molar-refractivity contribution in [2.45, 2.75) is 52.7 Å². The molecule has 20 heavy (non-hydrogen) atoms. The fourth-order valence-electron chi connectivity index (χ4n) is 3.05. The summed E-state index contributed by atoms with van der Waals surface area (Å²) in [6.45, 7) is 7.40. The van der Waals surface area contributed by atoms with Crippen molar-refractivity contribution in [3.63, 3.8) is 0 Å². The molecule has 2 nitrogen and oxygen atoms in total. The minimum atomic E-state index is 0.325. The molecule has 1 aromatic rings. The number of rotatable bonds is 4. The lowest BCUT2D eigenvalue weighted by Gasteiger charge is -2.37. The van der Waals surface area contributed by atoms with E-state index in [2.05, 4.69) is 25.8 Å². The molecule has 0 bridgehead atoms. The van der Waals surface area contributed by atoms with Crippen molar-refractivity contribution in [2.24, 2.45) is 17.8 Å². The zero-order chi connectivity index (χ0) is 14.7. The van der Waals surface area contributed by atoms with E-state index >= 15 is 0 Å². The molecule has 0 N–H and O–H groups in total. The summed E-state index contributed by atoms with van der Waals surface area (Å²) in [6, 6.07) is 3.66. The summed E-state index contributed by atoms with van der Waals surface area (Å²) in [5.41, 5.74) is 0.914. The van der Waals surface area contributed by atoms with Gasteiger partial charge in [-0.05, 0) is 36.7 Å². The predicted octanol–water partition coefficient (Wildman–Crippen LogP) is 5.37. The first kappa shape index (κ1) is 16.1. The van der Waals surface area contributed by atoms with Crippen molar-refractivity contribution in [1.29, 1.82) is 0 Å². The molecule has 0 radical (unpaired) electrons. The minimum Gasteiger partial charge on any atom is -0.373 e. The Balaban J connectivity index is 2.00. The Labute approximate surface area is 131 Å². The van der Waals surface area contributed by atoms with Crippen LogP contribution in [0.1, 0.15) is 45.6 Å². The molecule has 2 rings (SSSR count). The van der Waals surface area contributed by atoms with Gasteiger partial charge in [0.15, 0.2) is 0 Å². The summed E-state index contributed by atoms with van der Waals surface area (Å²) in [7, 11) is 0. The second-order valence-corrected chi connectivity index (χ2v) is 7.00. The van der Waals surface area contributed by atoms with Crippen LogP contribution in [0.4, 0.5) is 0 Å². The van der Waals surface area contributed by atoms with E-state index in [0.717, 1.165) is 17.9 Å². The zero-order valence-corrected chi connectivity index (χ0v) is 13.9. The summed E-state index contributed by atoms with van der Waals surface area (Å²) in [6.07, 6.45) is 4.04. The molecule has 1 saturated carbocycles. The van der Waals surface area contributed by atoms with E-state index < -0.39 is 0 Å². The van der Waals surface area contributed by atoms with Crippen molar-refractivity contribution in [3.05, 3.63) is 28.0 Å². The lowest BCUT2D eigenvalue weighted by atomic mass is 9.75. The normalized spacial score (nSPS) is 27.0. The van der Waals surface area contributed by atoms with Gasteiger partial charge in [-0.2, -0.15) is 0 Å². The molecule has 3 unspecified atom stereocenters. The number of nitrogens with zero attached hydrogens (tertiary/aromatic N) is 1. The third-order valence-corrected chi connectivity index (χ3v) is 4.84. The second kappa shape index (κ2) is 7.11. The average Bonchev–Trinajstić information content (AvgIpc) is 2.37. The third kappa shape index (κ3) is 4.09. The van der Waals surface area contributed by atoms with Crippen molar-refractivity contribution in [2.75, 3.05) is 0 Å². The fourth-order valence-corrected chi connectivity index (χ4v) is 3.45. The molecular weight excluding hydrogens is 293 g/mol. The van der Waals surface area contributed by atoms with Crippen LogP contribution in [0.5, 0.6) is 0 Å². The highest BCUT2D eigenvalue weighted by molar-refractivity contribution is 6.32. The first-order valence-electron chi connectivity index (χ1n) is 7.40. The van der Waals surface area contributed by atoms with Gasteiger partial charge in [0.25, 0.3) is 0 Å². The smallest absolute Gasteiger partial charge is 0.136 e. The van der Waals surface area contributed by atoms with Gasteiger partial charge in [0, 0.05) is 5.56 Å². The van der Waals surface area contributed by atoms with Crippen LogP contribution >= 0.6 is 23.2 Å². The molecule has 1 aliphatic rings. The summed E-state index contributed by atoms with van der Waals surface area (Å²) < 4.78 is 6.17. The molecule has 0 amide bonds. The molecule has 0 spiro atoms. The van der Waals surface area contributed by atoms with Crippen LogP contribution in [0.25, 0.3) is 0 Å². The lowest BCUT2D eigenvalue weighted by molar-refractivity contribution is -0.0473. The van der Waals surface area contributed by atoms with Crippen molar-refractivity contribution < 1.29 is 4.74 Å². The summed E-state index contributed by atoms with van der Waals surface area (Å²) in [5, 5.41) is 0.868. The van der Waals surface area contributed by atoms with Crippen molar-refractivity contribution >= 4 is 23.2 Å². The van der Waals surface area contributed by atoms with E-state index in [4.69, 9.17) is 27.9 Å². The van der Waals surface area contributed by atoms with Gasteiger partial charge >= 0.3 is 0 Å². The number of aromatic nitrogens is 1. The second-order valence-electron chi connectivity index (χ2n) is 6.26. The molecular formula is C16H23Cl2NO. The number of hydrogen-bond donors (Lipinski definition) is 0. The van der Waals surface area contributed by atoms with E-state index in [1.165, 1.54) is 12.8 Å². The molecule has 1 fully saturated rings. The SMILES string of the molecule is CC1CCC(C(C)C)C(OCc2ccc(Cl)nc2Cl)C1. The maximum Gasteiger partial charge on any atom is 0.136 e. The van der Waals surface area contributed by atoms with Crippen LogP contribution in [0.3, 0.4) is 0 Å². The van der Waals surface area contributed by atoms with Crippen LogP contribution in [-0.4, -0.2) is 11.1 Å². The summed E-state index contributed by atoms with van der Waals surface area (Å²) in [5.74, 6) is 2.05. The molecule has 0 saturated heterocycles. The van der Waals surface area contributed by atoms with Gasteiger partial charge < -0.3 is 4.74 Å². The predicted molar refractivity (Wildman–Crippen MR) is 84.2 cm³/mol. The Morgan fingerprint density at radius 2 is 2.05 bits per heavy atom. The molecule has 1 aliphatic carbocycles. The third-order valence-electron chi connectivity index (χ3n) is 4.31. The van der Waals surface area contributed by atoms with Gasteiger partial charge in [0.05, 0.1) is 12.7 Å². The van der Waals surface area contributed by atoms with Crippen LogP contribution in [-0.2, 0) is 11.3 Å². The van der Waals surface area contributed by atoms with E-state index in [1.807, 2.05) is 6.07 Å². The Morgan fingerprint density at radius 1 is 1.30 bits per heavy atom. The highest BCUT2D eigenvalue weighted by Gasteiger charge is 2.31. The van der Waals surface area contributed by atoms with Gasteiger partial charge in [-0.25, -0.2) is 4.98 Å². The Kier molecular flexibility index (Phi) is 5.71. The van der Waals surface area contributed by atoms with Crippen molar-refractivity contribution in [1.82, 2.24) is 4.98 Å². The largest absolute Gasteiger partial charge is 0.373 e. The number of halogens is 2. The molecule has 4 heteroatoms. The zero-order valence-electron chi connectivity index (χ0n) is 12.4. The highest BCUT2D eigenvalue weighted by Crippen LogP contribution is 2.36. The quantitative estimate of drug-likeness (QED) is 0.697. The summed E-state index contributed by atoms with van der Waals surface area (Å²) >= 11 is 11.9. The number of ether oxygens (including phenoxy) is 1. The Morgan fingerprint density at radius 3 is 2.70 bits per heavy atom. The highest BCUT2D eigenvalue weighted by atomic mass is 35.5. The first-order chi connectivity index (χ1) is 9.47. The molecule has 1 heterocycles. The van der Waals surface area contributed by atoms with Crippen LogP contribution in [0.15, 0.2) is 12.1 Å². The van der Waals surface area contributed by atoms with Crippen LogP contribution < -0.4 is 0 Å². The summed E-state index contributed by atoms with van der Waals surface area (Å²) in [4.78, 5) is 4.06. The molecule has 1 aromatic heterocycles. The van der Waals surface area contributed by atoms with Gasteiger partial charge in [-0.1, -0.05) is 56.5 Å². The van der Waals surface area contributed by atoms with E-state index in [0.29, 0.717) is 34.9 Å². The standard InChI is InChI=1S/C16H23Cl2NO/c1-10(2)13-6-4-11(3)8-14(13)20-9-12-5-7-15(17)19-16(12)18/h5,7,10-11,13-14H,4,6,8-9H2,1-3H3. The van der Waals surface area contributed by atoms with Gasteiger partial charge in [-0.15, -0.1) is 0 Å². The van der Waals surface area contributed by atoms with E-state index in [1.54, 1.807) is 6.07 Å². The molecule has 3 atom stereocenters.